The highest BCUT2D eigenvalue weighted by Crippen LogP contribution is 2.12. The van der Waals surface area contributed by atoms with Gasteiger partial charge in [-0.1, -0.05) is 0 Å². The van der Waals surface area contributed by atoms with Crippen molar-refractivity contribution in [2.75, 3.05) is 52.5 Å². The topological polar surface area (TPSA) is 53.8 Å². The molecule has 0 bridgehead atoms. The molecule has 7 heteroatoms. The molecule has 0 aliphatic carbocycles. The van der Waals surface area contributed by atoms with Gasteiger partial charge in [0.15, 0.2) is 0 Å². The highest BCUT2D eigenvalue weighted by Gasteiger charge is 2.28. The van der Waals surface area contributed by atoms with Gasteiger partial charge in [-0.2, -0.15) is 0 Å². The quantitative estimate of drug-likeness (QED) is 0.782. The summed E-state index contributed by atoms with van der Waals surface area (Å²) < 4.78 is 7.59. The SMILES string of the molecule is CCn1ccnc1CN1CCCN(C(=O)C(C)N2CCOCC2)CC1. The lowest BCUT2D eigenvalue weighted by Crippen LogP contribution is -2.51. The van der Waals surface area contributed by atoms with Crippen molar-refractivity contribution in [3.8, 4) is 0 Å². The average molecular weight is 349 g/mol. The number of imidazole rings is 1. The molecule has 1 amide bonds. The van der Waals surface area contributed by atoms with E-state index in [1.165, 1.54) is 0 Å². The molecular formula is C18H31N5O2. The Kier molecular flexibility index (Phi) is 6.45. The van der Waals surface area contributed by atoms with Gasteiger partial charge in [-0.15, -0.1) is 0 Å². The first-order chi connectivity index (χ1) is 12.2. The van der Waals surface area contributed by atoms with Crippen LogP contribution in [0.4, 0.5) is 0 Å². The number of nitrogens with zero attached hydrogens (tertiary/aromatic N) is 5. The smallest absolute Gasteiger partial charge is 0.239 e. The lowest BCUT2D eigenvalue weighted by atomic mass is 10.2. The van der Waals surface area contributed by atoms with Gasteiger partial charge in [-0.05, 0) is 20.3 Å². The Morgan fingerprint density at radius 1 is 1.20 bits per heavy atom. The van der Waals surface area contributed by atoms with Crippen molar-refractivity contribution in [1.29, 1.82) is 0 Å². The van der Waals surface area contributed by atoms with Crippen LogP contribution in [-0.4, -0.2) is 88.7 Å². The molecule has 0 spiro atoms. The molecule has 1 aromatic rings. The maximum absolute atomic E-state index is 12.9. The molecule has 0 N–H and O–H groups in total. The Balaban J connectivity index is 1.53. The minimum absolute atomic E-state index is 0.0468. The van der Waals surface area contributed by atoms with E-state index in [1.807, 2.05) is 24.2 Å². The van der Waals surface area contributed by atoms with Crippen LogP contribution < -0.4 is 0 Å². The molecule has 0 aromatic carbocycles. The van der Waals surface area contributed by atoms with Crippen LogP contribution in [0.25, 0.3) is 0 Å². The molecule has 140 valence electrons. The molecule has 2 saturated heterocycles. The Morgan fingerprint density at radius 3 is 2.76 bits per heavy atom. The van der Waals surface area contributed by atoms with Gasteiger partial charge in [-0.3, -0.25) is 14.6 Å². The van der Waals surface area contributed by atoms with Crippen LogP contribution in [0.1, 0.15) is 26.1 Å². The summed E-state index contributed by atoms with van der Waals surface area (Å²) in [5.74, 6) is 1.38. The number of hydrogen-bond acceptors (Lipinski definition) is 5. The summed E-state index contributed by atoms with van der Waals surface area (Å²) in [6.07, 6.45) is 4.93. The zero-order valence-corrected chi connectivity index (χ0v) is 15.6. The first kappa shape index (κ1) is 18.4. The standard InChI is InChI=1S/C18H31N5O2/c1-3-21-8-5-19-17(21)15-20-6-4-7-23(10-9-20)18(24)16(2)22-11-13-25-14-12-22/h5,8,16H,3-4,6-7,9-15H2,1-2H3. The number of carbonyl (C=O) groups excluding carboxylic acids is 1. The van der Waals surface area contributed by atoms with Gasteiger partial charge in [0.05, 0.1) is 25.8 Å². The van der Waals surface area contributed by atoms with E-state index in [4.69, 9.17) is 4.74 Å². The third-order valence-electron chi connectivity index (χ3n) is 5.36. The maximum Gasteiger partial charge on any atom is 0.239 e. The van der Waals surface area contributed by atoms with Crippen LogP contribution in [0.15, 0.2) is 12.4 Å². The number of amides is 1. The number of carbonyl (C=O) groups is 1. The summed E-state index contributed by atoms with van der Waals surface area (Å²) in [4.78, 5) is 24.1. The van der Waals surface area contributed by atoms with Crippen molar-refractivity contribution < 1.29 is 9.53 Å². The predicted octanol–water partition coefficient (Wildman–Crippen LogP) is 0.658. The first-order valence-electron chi connectivity index (χ1n) is 9.52. The van der Waals surface area contributed by atoms with Crippen molar-refractivity contribution in [3.63, 3.8) is 0 Å². The number of morpholine rings is 1. The van der Waals surface area contributed by atoms with Gasteiger partial charge in [0.25, 0.3) is 0 Å². The van der Waals surface area contributed by atoms with Gasteiger partial charge in [0.2, 0.25) is 5.91 Å². The van der Waals surface area contributed by atoms with Crippen LogP contribution in [0.5, 0.6) is 0 Å². The average Bonchev–Trinajstić information content (AvgIpc) is 2.97. The zero-order chi connectivity index (χ0) is 17.6. The molecule has 2 fully saturated rings. The van der Waals surface area contributed by atoms with E-state index < -0.39 is 0 Å². The van der Waals surface area contributed by atoms with Crippen LogP contribution in [0.3, 0.4) is 0 Å². The molecule has 25 heavy (non-hydrogen) atoms. The lowest BCUT2D eigenvalue weighted by Gasteiger charge is -2.34. The summed E-state index contributed by atoms with van der Waals surface area (Å²) in [5.41, 5.74) is 0. The number of aromatic nitrogens is 2. The van der Waals surface area contributed by atoms with Gasteiger partial charge in [0, 0.05) is 58.2 Å². The Hall–Kier alpha value is -1.44. The number of aryl methyl sites for hydroxylation is 1. The van der Waals surface area contributed by atoms with Crippen molar-refractivity contribution >= 4 is 5.91 Å². The van der Waals surface area contributed by atoms with Crippen LogP contribution in [-0.2, 0) is 22.6 Å². The number of ether oxygens (including phenoxy) is 1. The van der Waals surface area contributed by atoms with E-state index in [0.717, 1.165) is 77.8 Å². The van der Waals surface area contributed by atoms with Gasteiger partial charge < -0.3 is 14.2 Å². The van der Waals surface area contributed by atoms with Crippen LogP contribution in [0, 0.1) is 0 Å². The number of hydrogen-bond donors (Lipinski definition) is 0. The second-order valence-electron chi connectivity index (χ2n) is 6.91. The third-order valence-corrected chi connectivity index (χ3v) is 5.36. The van der Waals surface area contributed by atoms with Gasteiger partial charge in [0.1, 0.15) is 5.82 Å². The fourth-order valence-electron chi connectivity index (χ4n) is 3.71. The van der Waals surface area contributed by atoms with E-state index in [-0.39, 0.29) is 11.9 Å². The minimum atomic E-state index is -0.0468. The fraction of sp³-hybridized carbons (Fsp3) is 0.778. The monoisotopic (exact) mass is 349 g/mol. The van der Waals surface area contributed by atoms with E-state index in [0.29, 0.717) is 0 Å². The summed E-state index contributed by atoms with van der Waals surface area (Å²) in [6.45, 7) is 12.8. The van der Waals surface area contributed by atoms with Crippen molar-refractivity contribution in [1.82, 2.24) is 24.3 Å². The molecule has 0 radical (unpaired) electrons. The van der Waals surface area contributed by atoms with E-state index in [9.17, 15) is 4.79 Å². The Morgan fingerprint density at radius 2 is 2.00 bits per heavy atom. The van der Waals surface area contributed by atoms with Crippen molar-refractivity contribution in [2.24, 2.45) is 0 Å². The molecule has 2 aliphatic rings. The van der Waals surface area contributed by atoms with Crippen LogP contribution >= 0.6 is 0 Å². The molecule has 2 aliphatic heterocycles. The minimum Gasteiger partial charge on any atom is -0.379 e. The summed E-state index contributed by atoms with van der Waals surface area (Å²) >= 11 is 0. The first-order valence-corrected chi connectivity index (χ1v) is 9.52. The molecule has 1 atom stereocenters. The molecule has 7 nitrogen and oxygen atoms in total. The van der Waals surface area contributed by atoms with Crippen molar-refractivity contribution in [2.45, 2.75) is 39.4 Å². The lowest BCUT2D eigenvalue weighted by molar-refractivity contribution is -0.137. The van der Waals surface area contributed by atoms with E-state index in [2.05, 4.69) is 26.3 Å². The molecule has 1 aromatic heterocycles. The second-order valence-corrected chi connectivity index (χ2v) is 6.91. The summed E-state index contributed by atoms with van der Waals surface area (Å²) in [7, 11) is 0. The normalized spacial score (nSPS) is 21.9. The van der Waals surface area contributed by atoms with E-state index in [1.54, 1.807) is 0 Å². The third kappa shape index (κ3) is 4.59. The van der Waals surface area contributed by atoms with Crippen LogP contribution in [0.2, 0.25) is 0 Å². The zero-order valence-electron chi connectivity index (χ0n) is 15.6. The molecule has 0 saturated carbocycles. The Bertz CT molecular complexity index is 555. The molecule has 3 heterocycles. The molecule has 1 unspecified atom stereocenters. The predicted molar refractivity (Wildman–Crippen MR) is 96.2 cm³/mol. The maximum atomic E-state index is 12.9. The Labute approximate surface area is 150 Å². The van der Waals surface area contributed by atoms with E-state index >= 15 is 0 Å². The molecule has 3 rings (SSSR count). The largest absolute Gasteiger partial charge is 0.379 e. The highest BCUT2D eigenvalue weighted by atomic mass is 16.5. The van der Waals surface area contributed by atoms with Gasteiger partial charge in [-0.25, -0.2) is 4.98 Å². The van der Waals surface area contributed by atoms with Gasteiger partial charge >= 0.3 is 0 Å². The number of rotatable bonds is 5. The summed E-state index contributed by atoms with van der Waals surface area (Å²) in [5, 5.41) is 0. The summed E-state index contributed by atoms with van der Waals surface area (Å²) in [6, 6.07) is -0.0468. The van der Waals surface area contributed by atoms with Crippen molar-refractivity contribution in [3.05, 3.63) is 18.2 Å². The molecular weight excluding hydrogens is 318 g/mol. The fourth-order valence-corrected chi connectivity index (χ4v) is 3.71. The second kappa shape index (κ2) is 8.78. The highest BCUT2D eigenvalue weighted by molar-refractivity contribution is 5.81.